The van der Waals surface area contributed by atoms with Crippen molar-refractivity contribution in [1.82, 2.24) is 14.8 Å². The topological polar surface area (TPSA) is 85.1 Å². The van der Waals surface area contributed by atoms with Crippen molar-refractivity contribution in [1.29, 1.82) is 0 Å². The lowest BCUT2D eigenvalue weighted by atomic mass is 9.67. The van der Waals surface area contributed by atoms with Gasteiger partial charge >= 0.3 is 0 Å². The predicted molar refractivity (Wildman–Crippen MR) is 143 cm³/mol. The molecule has 7 heteroatoms. The summed E-state index contributed by atoms with van der Waals surface area (Å²) in [7, 11) is 0. The fourth-order valence-electron chi connectivity index (χ4n) is 6.03. The van der Waals surface area contributed by atoms with Crippen LogP contribution >= 0.6 is 0 Å². The minimum Gasteiger partial charge on any atom is -0.424 e. The van der Waals surface area contributed by atoms with Crippen LogP contribution in [0.5, 0.6) is 0 Å². The van der Waals surface area contributed by atoms with Crippen molar-refractivity contribution in [3.8, 4) is 17.0 Å². The molecule has 0 bridgehead atoms. The van der Waals surface area contributed by atoms with E-state index in [0.29, 0.717) is 11.9 Å². The maximum atomic E-state index is 7.30. The second-order valence-electron chi connectivity index (χ2n) is 10.2. The van der Waals surface area contributed by atoms with Gasteiger partial charge in [-0.3, -0.25) is 0 Å². The molecule has 6 rings (SSSR count). The Kier molecular flexibility index (Phi) is 6.23. The quantitative estimate of drug-likeness (QED) is 0.378. The van der Waals surface area contributed by atoms with E-state index >= 15 is 0 Å². The van der Waals surface area contributed by atoms with Crippen LogP contribution in [0.1, 0.15) is 38.5 Å². The van der Waals surface area contributed by atoms with E-state index in [1.165, 1.54) is 18.5 Å². The summed E-state index contributed by atoms with van der Waals surface area (Å²) in [6.45, 7) is 2.03. The lowest BCUT2D eigenvalue weighted by Crippen LogP contribution is -2.63. The SMILES string of the molecule is NC1([C@H]2CCCN(c3ccc(-n4cccn4)cc3)C2)CCCCC1Nc1ncc(-c2ccccc2)o1. The Hall–Kier alpha value is -3.58. The van der Waals surface area contributed by atoms with Gasteiger partial charge < -0.3 is 20.4 Å². The minimum absolute atomic E-state index is 0.140. The number of piperidine rings is 1. The molecule has 36 heavy (non-hydrogen) atoms. The average Bonchev–Trinajstić information content (AvgIpc) is 3.64. The number of oxazole rings is 1. The summed E-state index contributed by atoms with van der Waals surface area (Å²) < 4.78 is 7.98. The van der Waals surface area contributed by atoms with Gasteiger partial charge in [0.05, 0.1) is 11.9 Å². The molecule has 2 aromatic carbocycles. The third-order valence-electron chi connectivity index (χ3n) is 8.03. The van der Waals surface area contributed by atoms with Crippen molar-refractivity contribution in [3.05, 3.63) is 79.3 Å². The molecule has 0 radical (unpaired) electrons. The third-order valence-corrected chi connectivity index (χ3v) is 8.03. The Morgan fingerprint density at radius 1 is 0.944 bits per heavy atom. The molecule has 2 aromatic heterocycles. The average molecular weight is 483 g/mol. The highest BCUT2D eigenvalue weighted by Gasteiger charge is 2.45. The van der Waals surface area contributed by atoms with Gasteiger partial charge in [-0.2, -0.15) is 5.10 Å². The summed E-state index contributed by atoms with van der Waals surface area (Å²) in [6, 6.07) is 21.4. The summed E-state index contributed by atoms with van der Waals surface area (Å²) in [5, 5.41) is 7.94. The van der Waals surface area contributed by atoms with E-state index in [0.717, 1.165) is 55.8 Å². The molecular weight excluding hydrogens is 448 g/mol. The molecule has 2 fully saturated rings. The molecule has 0 spiro atoms. The molecular formula is C29H34N6O. The monoisotopic (exact) mass is 482 g/mol. The fourth-order valence-corrected chi connectivity index (χ4v) is 6.03. The van der Waals surface area contributed by atoms with Crippen LogP contribution in [0.15, 0.2) is 83.7 Å². The molecule has 7 nitrogen and oxygen atoms in total. The Morgan fingerprint density at radius 3 is 2.58 bits per heavy atom. The van der Waals surface area contributed by atoms with E-state index in [1.54, 1.807) is 12.4 Å². The molecule has 1 aliphatic heterocycles. The number of rotatable bonds is 6. The number of hydrogen-bond donors (Lipinski definition) is 2. The highest BCUT2D eigenvalue weighted by atomic mass is 16.4. The minimum atomic E-state index is -0.298. The van der Waals surface area contributed by atoms with Crippen LogP contribution in [0.4, 0.5) is 11.7 Å². The molecule has 2 aliphatic rings. The van der Waals surface area contributed by atoms with Crippen molar-refractivity contribution in [3.63, 3.8) is 0 Å². The van der Waals surface area contributed by atoms with Crippen molar-refractivity contribution < 1.29 is 4.42 Å². The zero-order valence-electron chi connectivity index (χ0n) is 20.6. The Labute approximate surface area is 212 Å². The number of nitrogens with two attached hydrogens (primary N) is 1. The number of nitrogens with one attached hydrogen (secondary N) is 1. The summed E-state index contributed by atoms with van der Waals surface area (Å²) >= 11 is 0. The third kappa shape index (κ3) is 4.51. The van der Waals surface area contributed by atoms with E-state index in [2.05, 4.69) is 44.6 Å². The fraction of sp³-hybridized carbons (Fsp3) is 0.379. The van der Waals surface area contributed by atoms with Crippen molar-refractivity contribution in [2.45, 2.75) is 50.1 Å². The first kappa shape index (κ1) is 22.9. The lowest BCUT2D eigenvalue weighted by molar-refractivity contribution is 0.156. The predicted octanol–water partition coefficient (Wildman–Crippen LogP) is 5.50. The van der Waals surface area contributed by atoms with Crippen LogP contribution < -0.4 is 16.0 Å². The van der Waals surface area contributed by atoms with Crippen molar-refractivity contribution in [2.75, 3.05) is 23.3 Å². The maximum Gasteiger partial charge on any atom is 0.295 e. The molecule has 1 saturated carbocycles. The van der Waals surface area contributed by atoms with E-state index in [-0.39, 0.29) is 11.6 Å². The molecule has 3 heterocycles. The molecule has 1 aliphatic carbocycles. The first-order chi connectivity index (χ1) is 17.7. The highest BCUT2D eigenvalue weighted by molar-refractivity contribution is 5.57. The van der Waals surface area contributed by atoms with Crippen LogP contribution in [0, 0.1) is 5.92 Å². The Balaban J connectivity index is 1.17. The number of hydrogen-bond acceptors (Lipinski definition) is 6. The van der Waals surface area contributed by atoms with Crippen LogP contribution in [0.25, 0.3) is 17.0 Å². The van der Waals surface area contributed by atoms with E-state index < -0.39 is 0 Å². The first-order valence-electron chi connectivity index (χ1n) is 13.1. The zero-order valence-corrected chi connectivity index (χ0v) is 20.6. The first-order valence-corrected chi connectivity index (χ1v) is 13.1. The summed E-state index contributed by atoms with van der Waals surface area (Å²) in [4.78, 5) is 7.04. The second-order valence-corrected chi connectivity index (χ2v) is 10.2. The number of benzene rings is 2. The molecule has 3 N–H and O–H groups in total. The van der Waals surface area contributed by atoms with Crippen molar-refractivity contribution in [2.24, 2.45) is 11.7 Å². The molecule has 186 valence electrons. The summed E-state index contributed by atoms with van der Waals surface area (Å²) in [5.74, 6) is 1.18. The zero-order chi connectivity index (χ0) is 24.4. The number of nitrogens with zero attached hydrogens (tertiary/aromatic N) is 4. The van der Waals surface area contributed by atoms with Crippen LogP contribution in [-0.2, 0) is 0 Å². The van der Waals surface area contributed by atoms with Gasteiger partial charge in [-0.25, -0.2) is 9.67 Å². The van der Waals surface area contributed by atoms with Crippen LogP contribution in [0.2, 0.25) is 0 Å². The van der Waals surface area contributed by atoms with Crippen molar-refractivity contribution >= 4 is 11.7 Å². The molecule has 1 saturated heterocycles. The van der Waals surface area contributed by atoms with Gasteiger partial charge in [-0.05, 0) is 61.9 Å². The van der Waals surface area contributed by atoms with Gasteiger partial charge in [-0.15, -0.1) is 0 Å². The van der Waals surface area contributed by atoms with Gasteiger partial charge in [0.15, 0.2) is 5.76 Å². The molecule has 4 aromatic rings. The molecule has 2 unspecified atom stereocenters. The molecule has 3 atom stereocenters. The molecule has 0 amide bonds. The van der Waals surface area contributed by atoms with Gasteiger partial charge in [0.2, 0.25) is 0 Å². The van der Waals surface area contributed by atoms with Gasteiger partial charge in [-0.1, -0.05) is 43.2 Å². The largest absolute Gasteiger partial charge is 0.424 e. The standard InChI is InChI=1S/C29H34N6O/c30-29(16-5-4-11-27(29)33-28-31-20-26(36-28)22-8-2-1-3-9-22)23-10-6-18-34(21-23)24-12-14-25(15-13-24)35-19-7-17-32-35/h1-3,7-9,12-15,17,19-20,23,27H,4-6,10-11,16,18,21,30H2,(H,31,33)/t23-,27?,29?/m0/s1. The van der Waals surface area contributed by atoms with E-state index in [4.69, 9.17) is 10.2 Å². The Bertz CT molecular complexity index is 1250. The van der Waals surface area contributed by atoms with Gasteiger partial charge in [0.25, 0.3) is 6.01 Å². The number of anilines is 2. The number of aromatic nitrogens is 3. The van der Waals surface area contributed by atoms with Gasteiger partial charge in [0, 0.05) is 48.3 Å². The van der Waals surface area contributed by atoms with E-state index in [1.807, 2.05) is 47.3 Å². The van der Waals surface area contributed by atoms with Gasteiger partial charge in [0.1, 0.15) is 0 Å². The smallest absolute Gasteiger partial charge is 0.295 e. The summed E-state index contributed by atoms with van der Waals surface area (Å²) in [6.07, 6.45) is 12.3. The second kappa shape index (κ2) is 9.82. The van der Waals surface area contributed by atoms with E-state index in [9.17, 15) is 0 Å². The van der Waals surface area contributed by atoms with Crippen LogP contribution in [0.3, 0.4) is 0 Å². The Morgan fingerprint density at radius 2 is 1.78 bits per heavy atom. The highest BCUT2D eigenvalue weighted by Crippen LogP contribution is 2.39. The normalized spacial score (nSPS) is 24.5. The maximum absolute atomic E-state index is 7.30. The lowest BCUT2D eigenvalue weighted by Gasteiger charge is -2.50. The van der Waals surface area contributed by atoms with Crippen LogP contribution in [-0.4, -0.2) is 39.4 Å². The summed E-state index contributed by atoms with van der Waals surface area (Å²) in [5.41, 5.74) is 10.4.